The summed E-state index contributed by atoms with van der Waals surface area (Å²) in [6.07, 6.45) is 7.75. The molecular weight excluding hydrogens is 345 g/mol. The molecule has 0 N–H and O–H groups in total. The molecular formula is C5H8Cl3Hf. The first-order valence-corrected chi connectivity index (χ1v) is 3.76. The number of rotatable bonds is 0. The van der Waals surface area contributed by atoms with Gasteiger partial charge in [-0.3, -0.25) is 0 Å². The first-order valence-electron chi connectivity index (χ1n) is 1.97. The van der Waals surface area contributed by atoms with E-state index < -0.39 is 0 Å². The van der Waals surface area contributed by atoms with Crippen molar-refractivity contribution in [2.45, 2.75) is 6.42 Å². The normalized spacial score (nSPS) is 12.1. The molecule has 0 aliphatic heterocycles. The second-order valence-corrected chi connectivity index (χ2v) is 3.63. The molecule has 53 valence electrons. The molecule has 4 heteroatoms. The summed E-state index contributed by atoms with van der Waals surface area (Å²) in [6.45, 7) is 0. The Hall–Kier alpha value is 1.22. The summed E-state index contributed by atoms with van der Waals surface area (Å²) in [7, 11) is 0. The second-order valence-electron chi connectivity index (χ2n) is 1.32. The summed E-state index contributed by atoms with van der Waals surface area (Å²) in [6, 6.07) is 0. The van der Waals surface area contributed by atoms with Crippen LogP contribution in [0.2, 0.25) is 0 Å². The molecule has 1 aliphatic carbocycles. The monoisotopic (exact) mass is 353 g/mol. The van der Waals surface area contributed by atoms with Crippen LogP contribution in [0, 0.1) is 0 Å². The van der Waals surface area contributed by atoms with Crippen molar-refractivity contribution in [3.05, 3.63) is 21.6 Å². The molecule has 0 fully saturated rings. The van der Waals surface area contributed by atoms with Crippen LogP contribution >= 0.6 is 37.2 Å². The van der Waals surface area contributed by atoms with Crippen molar-refractivity contribution in [1.82, 2.24) is 0 Å². The summed E-state index contributed by atoms with van der Waals surface area (Å²) < 4.78 is 1.61. The zero-order chi connectivity index (χ0) is 4.41. The summed E-state index contributed by atoms with van der Waals surface area (Å²) in [5, 5.41) is 0. The van der Waals surface area contributed by atoms with Gasteiger partial charge in [-0.25, -0.2) is 0 Å². The van der Waals surface area contributed by atoms with Gasteiger partial charge in [-0.05, 0) is 0 Å². The summed E-state index contributed by atoms with van der Waals surface area (Å²) in [4.78, 5) is 0. The fourth-order valence-electron chi connectivity index (χ4n) is 0.447. The summed E-state index contributed by atoms with van der Waals surface area (Å²) >= 11 is 1.25. The van der Waals surface area contributed by atoms with Gasteiger partial charge in [0.25, 0.3) is 0 Å². The van der Waals surface area contributed by atoms with E-state index in [-0.39, 0.29) is 37.2 Å². The Morgan fingerprint density at radius 3 is 1.89 bits per heavy atom. The van der Waals surface area contributed by atoms with Gasteiger partial charge in [0.15, 0.2) is 0 Å². The van der Waals surface area contributed by atoms with E-state index in [0.717, 1.165) is 0 Å². The standard InChI is InChI=1S/C5H5.3ClH.Hf/c1-2-4-5-3-1;;;;/h1-3H,4H2;3*1H;. The Balaban J connectivity index is -0.000000120. The number of hydrogen-bond acceptors (Lipinski definition) is 0. The predicted molar refractivity (Wildman–Crippen MR) is 43.6 cm³/mol. The van der Waals surface area contributed by atoms with E-state index in [9.17, 15) is 0 Å². The number of hydrogen-bond donors (Lipinski definition) is 0. The van der Waals surface area contributed by atoms with Gasteiger partial charge in [0, 0.05) is 0 Å². The number of allylic oxidation sites excluding steroid dienone is 4. The van der Waals surface area contributed by atoms with Gasteiger partial charge in [-0.15, -0.1) is 37.2 Å². The average Bonchev–Trinajstić information content (AvgIpc) is 1.86. The van der Waals surface area contributed by atoms with Gasteiger partial charge < -0.3 is 0 Å². The van der Waals surface area contributed by atoms with E-state index in [2.05, 4.69) is 18.2 Å². The molecule has 1 rings (SSSR count). The Morgan fingerprint density at radius 1 is 1.22 bits per heavy atom. The van der Waals surface area contributed by atoms with Crippen molar-refractivity contribution < 1.29 is 24.4 Å². The van der Waals surface area contributed by atoms with Gasteiger partial charge in [-0.2, -0.15) is 0 Å². The topological polar surface area (TPSA) is 0 Å². The van der Waals surface area contributed by atoms with Gasteiger partial charge in [-0.1, -0.05) is 0 Å². The fraction of sp³-hybridized carbons (Fsp3) is 0.200. The molecule has 1 aliphatic rings. The van der Waals surface area contributed by atoms with E-state index in [0.29, 0.717) is 0 Å². The first kappa shape index (κ1) is 16.7. The third-order valence-electron chi connectivity index (χ3n) is 0.771. The van der Waals surface area contributed by atoms with Crippen molar-refractivity contribution in [1.29, 1.82) is 0 Å². The van der Waals surface area contributed by atoms with E-state index >= 15 is 0 Å². The summed E-state index contributed by atoms with van der Waals surface area (Å²) in [5.74, 6) is 0. The van der Waals surface area contributed by atoms with Crippen LogP contribution in [-0.2, 0) is 24.4 Å². The number of halogens is 3. The van der Waals surface area contributed by atoms with Crippen molar-refractivity contribution >= 4 is 37.2 Å². The molecule has 0 nitrogen and oxygen atoms in total. The van der Waals surface area contributed by atoms with Crippen LogP contribution in [0.4, 0.5) is 0 Å². The van der Waals surface area contributed by atoms with Crippen molar-refractivity contribution in [2.75, 3.05) is 0 Å². The zero-order valence-electron chi connectivity index (χ0n) is 4.66. The van der Waals surface area contributed by atoms with Crippen LogP contribution in [0.5, 0.6) is 0 Å². The predicted octanol–water partition coefficient (Wildman–Crippen LogP) is 2.64. The van der Waals surface area contributed by atoms with Crippen LogP contribution in [0.1, 0.15) is 6.42 Å². The van der Waals surface area contributed by atoms with Crippen LogP contribution in [0.3, 0.4) is 0 Å². The van der Waals surface area contributed by atoms with E-state index in [1.54, 1.807) is 3.33 Å². The molecule has 0 aromatic heterocycles. The second kappa shape index (κ2) is 9.22. The maximum absolute atomic E-state index is 2.20. The first-order chi connectivity index (χ1) is 2.89. The average molecular weight is 353 g/mol. The molecule has 0 bridgehead atoms. The molecule has 0 amide bonds. The van der Waals surface area contributed by atoms with Crippen LogP contribution in [-0.4, -0.2) is 0 Å². The SMILES string of the molecule is Cl.Cl.Cl.[Hf][C]1=CC=CC1. The van der Waals surface area contributed by atoms with Crippen molar-refractivity contribution in [3.63, 3.8) is 0 Å². The molecule has 0 saturated heterocycles. The molecule has 0 saturated carbocycles. The van der Waals surface area contributed by atoms with Crippen molar-refractivity contribution in [2.24, 2.45) is 0 Å². The third-order valence-corrected chi connectivity index (χ3v) is 2.10. The van der Waals surface area contributed by atoms with Crippen LogP contribution in [0.15, 0.2) is 21.6 Å². The molecule has 0 aromatic carbocycles. The van der Waals surface area contributed by atoms with E-state index in [4.69, 9.17) is 0 Å². The van der Waals surface area contributed by atoms with Crippen LogP contribution < -0.4 is 0 Å². The Morgan fingerprint density at radius 2 is 1.78 bits per heavy atom. The van der Waals surface area contributed by atoms with Crippen molar-refractivity contribution in [3.8, 4) is 0 Å². The minimum absolute atomic E-state index is 0. The Kier molecular flexibility index (Phi) is 17.1. The minimum atomic E-state index is 0. The van der Waals surface area contributed by atoms with E-state index in [1.165, 1.54) is 30.8 Å². The van der Waals surface area contributed by atoms with Gasteiger partial charge in [0.1, 0.15) is 0 Å². The van der Waals surface area contributed by atoms with E-state index in [1.807, 2.05) is 0 Å². The van der Waals surface area contributed by atoms with Crippen LogP contribution in [0.25, 0.3) is 0 Å². The Labute approximate surface area is 89.0 Å². The van der Waals surface area contributed by atoms with Gasteiger partial charge >= 0.3 is 52.4 Å². The summed E-state index contributed by atoms with van der Waals surface area (Å²) in [5.41, 5.74) is 0. The quantitative estimate of drug-likeness (QED) is 0.588. The maximum atomic E-state index is 2.20. The van der Waals surface area contributed by atoms with Gasteiger partial charge in [0.2, 0.25) is 0 Å². The molecule has 0 aromatic rings. The van der Waals surface area contributed by atoms with Gasteiger partial charge in [0.05, 0.1) is 0 Å². The molecule has 0 heterocycles. The third kappa shape index (κ3) is 7.11. The fourth-order valence-corrected chi connectivity index (χ4v) is 1.22. The molecule has 0 atom stereocenters. The molecule has 0 unspecified atom stereocenters. The zero-order valence-corrected chi connectivity index (χ0v) is 10.7. The molecule has 9 heavy (non-hydrogen) atoms. The Bertz CT molecular complexity index is 109. The molecule has 0 radical (unpaired) electrons. The molecule has 0 spiro atoms.